The molecule has 1 aromatic carbocycles. The Balaban J connectivity index is 1.94. The Morgan fingerprint density at radius 1 is 1.33 bits per heavy atom. The second-order valence-electron chi connectivity index (χ2n) is 5.04. The van der Waals surface area contributed by atoms with Crippen LogP contribution in [-0.2, 0) is 9.59 Å². The molecular weight excluding hydrogens is 376 g/mol. The molecule has 0 aliphatic heterocycles. The van der Waals surface area contributed by atoms with E-state index in [1.807, 2.05) is 30.3 Å². The van der Waals surface area contributed by atoms with E-state index in [4.69, 9.17) is 4.74 Å². The normalized spacial score (nSPS) is 11.6. The highest BCUT2D eigenvalue weighted by atomic mass is 79.9. The Morgan fingerprint density at radius 3 is 2.71 bits per heavy atom. The molecule has 128 valence electrons. The third-order valence-electron chi connectivity index (χ3n) is 3.25. The van der Waals surface area contributed by atoms with Gasteiger partial charge < -0.3 is 15.4 Å². The summed E-state index contributed by atoms with van der Waals surface area (Å²) in [6.45, 7) is 1.88. The molecule has 2 N–H and O–H groups in total. The molecule has 0 aliphatic rings. The fourth-order valence-corrected chi connectivity index (χ4v) is 2.29. The van der Waals surface area contributed by atoms with Gasteiger partial charge in [0.25, 0.3) is 5.91 Å². The Morgan fingerprint density at radius 2 is 2.04 bits per heavy atom. The molecule has 0 saturated carbocycles. The Bertz CT molecular complexity index is 703. The standard InChI is InChI=1S/C16H19BrN4O3/c1-11(15(23)19-9-8-14(22)18-2)24-16-13(17)10-21(20-16)12-6-4-3-5-7-12/h3-7,10-11H,8-9H2,1-2H3,(H,18,22)(H,19,23). The van der Waals surface area contributed by atoms with Crippen molar-refractivity contribution >= 4 is 27.7 Å². The number of nitrogens with zero attached hydrogens (tertiary/aromatic N) is 2. The van der Waals surface area contributed by atoms with Gasteiger partial charge in [-0.05, 0) is 35.0 Å². The van der Waals surface area contributed by atoms with Gasteiger partial charge in [-0.15, -0.1) is 5.10 Å². The predicted octanol–water partition coefficient (Wildman–Crippen LogP) is 1.65. The molecule has 0 fully saturated rings. The fourth-order valence-electron chi connectivity index (χ4n) is 1.92. The zero-order valence-electron chi connectivity index (χ0n) is 13.5. The minimum atomic E-state index is -0.731. The molecule has 1 aromatic heterocycles. The summed E-state index contributed by atoms with van der Waals surface area (Å²) in [5, 5.41) is 9.47. The second kappa shape index (κ2) is 8.49. The topological polar surface area (TPSA) is 85.2 Å². The molecule has 24 heavy (non-hydrogen) atoms. The van der Waals surface area contributed by atoms with Crippen LogP contribution in [0, 0.1) is 0 Å². The van der Waals surface area contributed by atoms with Crippen molar-refractivity contribution in [2.45, 2.75) is 19.4 Å². The van der Waals surface area contributed by atoms with Crippen molar-refractivity contribution in [1.29, 1.82) is 0 Å². The van der Waals surface area contributed by atoms with Gasteiger partial charge in [0.2, 0.25) is 11.8 Å². The van der Waals surface area contributed by atoms with E-state index in [0.29, 0.717) is 10.4 Å². The highest BCUT2D eigenvalue weighted by Crippen LogP contribution is 2.25. The molecule has 0 spiro atoms. The van der Waals surface area contributed by atoms with Gasteiger partial charge in [0.1, 0.15) is 0 Å². The van der Waals surface area contributed by atoms with Crippen molar-refractivity contribution in [3.8, 4) is 11.6 Å². The monoisotopic (exact) mass is 394 g/mol. The van der Waals surface area contributed by atoms with Crippen molar-refractivity contribution < 1.29 is 14.3 Å². The Hall–Kier alpha value is -2.35. The Kier molecular flexibility index (Phi) is 6.36. The largest absolute Gasteiger partial charge is 0.463 e. The van der Waals surface area contributed by atoms with Gasteiger partial charge >= 0.3 is 0 Å². The number of carbonyl (C=O) groups is 2. The van der Waals surface area contributed by atoms with Crippen LogP contribution in [-0.4, -0.2) is 41.3 Å². The zero-order chi connectivity index (χ0) is 17.5. The lowest BCUT2D eigenvalue weighted by Gasteiger charge is -2.13. The molecule has 1 unspecified atom stereocenters. The summed E-state index contributed by atoms with van der Waals surface area (Å²) < 4.78 is 7.91. The van der Waals surface area contributed by atoms with Crippen molar-refractivity contribution in [3.63, 3.8) is 0 Å². The number of benzene rings is 1. The first-order valence-electron chi connectivity index (χ1n) is 7.46. The minimum absolute atomic E-state index is 0.131. The summed E-state index contributed by atoms with van der Waals surface area (Å²) in [5.74, 6) is -0.110. The molecule has 8 heteroatoms. The van der Waals surface area contributed by atoms with Crippen LogP contribution in [0.4, 0.5) is 0 Å². The van der Waals surface area contributed by atoms with Crippen LogP contribution in [0.3, 0.4) is 0 Å². The molecule has 1 heterocycles. The molecule has 0 bridgehead atoms. The third kappa shape index (κ3) is 4.82. The van der Waals surface area contributed by atoms with Crippen molar-refractivity contribution in [3.05, 3.63) is 41.0 Å². The molecule has 1 atom stereocenters. The van der Waals surface area contributed by atoms with Crippen molar-refractivity contribution in [2.24, 2.45) is 0 Å². The molecule has 0 aliphatic carbocycles. The summed E-state index contributed by atoms with van der Waals surface area (Å²) in [7, 11) is 1.55. The summed E-state index contributed by atoms with van der Waals surface area (Å²) in [5.41, 5.74) is 0.885. The van der Waals surface area contributed by atoms with E-state index in [2.05, 4.69) is 31.7 Å². The maximum Gasteiger partial charge on any atom is 0.260 e. The van der Waals surface area contributed by atoms with Crippen LogP contribution in [0.15, 0.2) is 41.0 Å². The molecular formula is C16H19BrN4O3. The first kappa shape index (κ1) is 18.0. The molecule has 2 aromatic rings. The SMILES string of the molecule is CNC(=O)CCNC(=O)C(C)Oc1nn(-c2ccccc2)cc1Br. The number of halogens is 1. The number of rotatable bonds is 7. The lowest BCUT2D eigenvalue weighted by Crippen LogP contribution is -2.38. The first-order chi connectivity index (χ1) is 11.5. The third-order valence-corrected chi connectivity index (χ3v) is 3.79. The lowest BCUT2D eigenvalue weighted by atomic mass is 10.3. The number of para-hydroxylation sites is 1. The van der Waals surface area contributed by atoms with Gasteiger partial charge in [0, 0.05) is 26.2 Å². The summed E-state index contributed by atoms with van der Waals surface area (Å²) in [4.78, 5) is 23.1. The summed E-state index contributed by atoms with van der Waals surface area (Å²) in [6, 6.07) is 9.57. The predicted molar refractivity (Wildman–Crippen MR) is 93.0 cm³/mol. The number of ether oxygens (including phenoxy) is 1. The quantitative estimate of drug-likeness (QED) is 0.747. The molecule has 0 radical (unpaired) electrons. The summed E-state index contributed by atoms with van der Waals surface area (Å²) >= 11 is 3.38. The van der Waals surface area contributed by atoms with Crippen LogP contribution in [0.5, 0.6) is 5.88 Å². The fraction of sp³-hybridized carbons (Fsp3) is 0.312. The van der Waals surface area contributed by atoms with Gasteiger partial charge in [-0.25, -0.2) is 4.68 Å². The molecule has 0 saturated heterocycles. The minimum Gasteiger partial charge on any atom is -0.463 e. The number of hydrogen-bond donors (Lipinski definition) is 2. The van der Waals surface area contributed by atoms with E-state index in [1.165, 1.54) is 0 Å². The number of amides is 2. The summed E-state index contributed by atoms with van der Waals surface area (Å²) in [6.07, 6.45) is 1.26. The van der Waals surface area contributed by atoms with Gasteiger partial charge in [0.05, 0.1) is 10.2 Å². The van der Waals surface area contributed by atoms with E-state index in [-0.39, 0.29) is 24.8 Å². The van der Waals surface area contributed by atoms with Gasteiger partial charge in [-0.3, -0.25) is 9.59 Å². The first-order valence-corrected chi connectivity index (χ1v) is 8.26. The molecule has 7 nitrogen and oxygen atoms in total. The maximum absolute atomic E-state index is 12.0. The van der Waals surface area contributed by atoms with Crippen LogP contribution in [0.1, 0.15) is 13.3 Å². The highest BCUT2D eigenvalue weighted by molar-refractivity contribution is 9.10. The average molecular weight is 395 g/mol. The maximum atomic E-state index is 12.0. The van der Waals surface area contributed by atoms with E-state index >= 15 is 0 Å². The van der Waals surface area contributed by atoms with Crippen LogP contribution in [0.25, 0.3) is 5.69 Å². The average Bonchev–Trinajstić information content (AvgIpc) is 2.96. The van der Waals surface area contributed by atoms with Crippen molar-refractivity contribution in [1.82, 2.24) is 20.4 Å². The lowest BCUT2D eigenvalue weighted by molar-refractivity contribution is -0.127. The zero-order valence-corrected chi connectivity index (χ0v) is 15.0. The van der Waals surface area contributed by atoms with Crippen LogP contribution >= 0.6 is 15.9 Å². The van der Waals surface area contributed by atoms with Crippen molar-refractivity contribution in [2.75, 3.05) is 13.6 Å². The molecule has 2 rings (SSSR count). The van der Waals surface area contributed by atoms with Crippen LogP contribution < -0.4 is 15.4 Å². The molecule has 2 amide bonds. The number of hydrogen-bond acceptors (Lipinski definition) is 4. The number of carbonyl (C=O) groups excluding carboxylic acids is 2. The Labute approximate surface area is 148 Å². The van der Waals surface area contributed by atoms with Gasteiger partial charge in [-0.2, -0.15) is 0 Å². The van der Waals surface area contributed by atoms with Gasteiger partial charge in [-0.1, -0.05) is 18.2 Å². The highest BCUT2D eigenvalue weighted by Gasteiger charge is 2.18. The smallest absolute Gasteiger partial charge is 0.260 e. The number of nitrogens with one attached hydrogen (secondary N) is 2. The van der Waals surface area contributed by atoms with Gasteiger partial charge in [0.15, 0.2) is 6.10 Å². The second-order valence-corrected chi connectivity index (χ2v) is 5.89. The van der Waals surface area contributed by atoms with E-state index in [1.54, 1.807) is 24.9 Å². The van der Waals surface area contributed by atoms with E-state index in [0.717, 1.165) is 5.69 Å². The van der Waals surface area contributed by atoms with E-state index in [9.17, 15) is 9.59 Å². The number of aromatic nitrogens is 2. The van der Waals surface area contributed by atoms with Crippen LogP contribution in [0.2, 0.25) is 0 Å². The van der Waals surface area contributed by atoms with E-state index < -0.39 is 6.10 Å².